The zero-order valence-electron chi connectivity index (χ0n) is 32.2. The summed E-state index contributed by atoms with van der Waals surface area (Å²) in [5.74, 6) is -0.177. The summed E-state index contributed by atoms with van der Waals surface area (Å²) in [6.07, 6.45) is 28.2. The molecule has 50 heavy (non-hydrogen) atoms. The Morgan fingerprint density at radius 2 is 1.10 bits per heavy atom. The average Bonchev–Trinajstić information content (AvgIpc) is 3.11. The first-order valence-electron chi connectivity index (χ1n) is 20.9. The molecular formula is C41H79NO8. The number of aliphatic hydroxyl groups excluding tert-OH is 5. The lowest BCUT2D eigenvalue weighted by Crippen LogP contribution is -2.60. The number of allylic oxidation sites excluding steroid dienone is 1. The second-order valence-electron chi connectivity index (χ2n) is 14.8. The van der Waals surface area contributed by atoms with Crippen LogP contribution in [0.3, 0.4) is 0 Å². The van der Waals surface area contributed by atoms with Crippen molar-refractivity contribution in [1.29, 1.82) is 0 Å². The summed E-state index contributed by atoms with van der Waals surface area (Å²) >= 11 is 0. The maximum atomic E-state index is 12.9. The fraction of sp³-hybridized carbons (Fsp3) is 0.927. The lowest BCUT2D eigenvalue weighted by Gasteiger charge is -2.40. The fourth-order valence-corrected chi connectivity index (χ4v) is 6.68. The Morgan fingerprint density at radius 1 is 0.660 bits per heavy atom. The quantitative estimate of drug-likeness (QED) is 0.0293. The average molecular weight is 714 g/mol. The number of ether oxygens (including phenoxy) is 2. The smallest absolute Gasteiger partial charge is 0.220 e. The van der Waals surface area contributed by atoms with Gasteiger partial charge in [0.2, 0.25) is 5.91 Å². The highest BCUT2D eigenvalue weighted by molar-refractivity contribution is 5.76. The summed E-state index contributed by atoms with van der Waals surface area (Å²) in [7, 11) is 0. The van der Waals surface area contributed by atoms with Gasteiger partial charge in [-0.3, -0.25) is 4.79 Å². The van der Waals surface area contributed by atoms with Gasteiger partial charge in [-0.25, -0.2) is 0 Å². The molecule has 296 valence electrons. The van der Waals surface area contributed by atoms with E-state index in [1.54, 1.807) is 6.08 Å². The van der Waals surface area contributed by atoms with Gasteiger partial charge in [-0.2, -0.15) is 0 Å². The van der Waals surface area contributed by atoms with E-state index in [-0.39, 0.29) is 12.5 Å². The van der Waals surface area contributed by atoms with Gasteiger partial charge >= 0.3 is 0 Å². The van der Waals surface area contributed by atoms with E-state index < -0.39 is 49.5 Å². The Balaban J connectivity index is 2.41. The highest BCUT2D eigenvalue weighted by Crippen LogP contribution is 2.22. The van der Waals surface area contributed by atoms with Gasteiger partial charge in [-0.1, -0.05) is 174 Å². The van der Waals surface area contributed by atoms with Crippen LogP contribution in [-0.4, -0.2) is 87.5 Å². The molecule has 9 heteroatoms. The third-order valence-corrected chi connectivity index (χ3v) is 10.1. The largest absolute Gasteiger partial charge is 0.394 e. The number of hydrogen-bond donors (Lipinski definition) is 6. The van der Waals surface area contributed by atoms with Gasteiger partial charge in [0.25, 0.3) is 0 Å². The second-order valence-corrected chi connectivity index (χ2v) is 14.8. The monoisotopic (exact) mass is 714 g/mol. The second kappa shape index (κ2) is 32.6. The summed E-state index contributed by atoms with van der Waals surface area (Å²) in [6.45, 7) is 3.76. The number of unbranched alkanes of at least 4 members (excludes halogenated alkanes) is 24. The number of carbonyl (C=O) groups excluding carboxylic acids is 1. The summed E-state index contributed by atoms with van der Waals surface area (Å²) in [6, 6.07) is -0.796. The van der Waals surface area contributed by atoms with Gasteiger partial charge in [-0.15, -0.1) is 0 Å². The molecule has 9 nitrogen and oxygen atoms in total. The van der Waals surface area contributed by atoms with Crippen molar-refractivity contribution in [3.63, 3.8) is 0 Å². The molecule has 1 heterocycles. The van der Waals surface area contributed by atoms with Gasteiger partial charge in [0.15, 0.2) is 6.29 Å². The molecule has 0 aromatic carbocycles. The molecule has 2 unspecified atom stereocenters. The zero-order chi connectivity index (χ0) is 36.7. The van der Waals surface area contributed by atoms with Crippen molar-refractivity contribution in [1.82, 2.24) is 5.32 Å². The molecule has 1 aliphatic rings. The first kappa shape index (κ1) is 47.0. The van der Waals surface area contributed by atoms with Crippen LogP contribution in [0.4, 0.5) is 0 Å². The number of aliphatic hydroxyl groups is 5. The molecule has 0 radical (unpaired) electrons. The van der Waals surface area contributed by atoms with E-state index in [0.717, 1.165) is 38.5 Å². The Labute approximate surface area is 306 Å². The molecule has 0 saturated carbocycles. The summed E-state index contributed by atoms with van der Waals surface area (Å²) in [4.78, 5) is 12.9. The maximum Gasteiger partial charge on any atom is 0.220 e. The van der Waals surface area contributed by atoms with Crippen molar-refractivity contribution in [2.75, 3.05) is 13.2 Å². The zero-order valence-corrected chi connectivity index (χ0v) is 32.2. The van der Waals surface area contributed by atoms with Crippen molar-refractivity contribution in [3.05, 3.63) is 12.2 Å². The van der Waals surface area contributed by atoms with Crippen LogP contribution in [0, 0.1) is 0 Å². The Morgan fingerprint density at radius 3 is 1.56 bits per heavy atom. The third-order valence-electron chi connectivity index (χ3n) is 10.1. The van der Waals surface area contributed by atoms with Crippen molar-refractivity contribution in [3.8, 4) is 0 Å². The SMILES string of the molecule is CCCCCCCCCCCCC/C=C/[C@@H](O)[C@H](CO[C@@H]1O[C@H](CO)[C@@H](O)C(O)C1O)NC(=O)CCCCCCCCCCCCCCCC. The van der Waals surface area contributed by atoms with E-state index in [2.05, 4.69) is 19.2 Å². The van der Waals surface area contributed by atoms with Crippen molar-refractivity contribution in [2.45, 2.75) is 230 Å². The topological polar surface area (TPSA) is 149 Å². The number of carbonyl (C=O) groups is 1. The first-order valence-corrected chi connectivity index (χ1v) is 20.9. The lowest BCUT2D eigenvalue weighted by molar-refractivity contribution is -0.302. The normalized spacial score (nSPS) is 22.3. The predicted molar refractivity (Wildman–Crippen MR) is 203 cm³/mol. The molecule has 1 aliphatic heterocycles. The van der Waals surface area contributed by atoms with Gasteiger partial charge in [0, 0.05) is 6.42 Å². The molecule has 7 atom stereocenters. The molecular weight excluding hydrogens is 634 g/mol. The van der Waals surface area contributed by atoms with Gasteiger partial charge in [0.05, 0.1) is 25.4 Å². The van der Waals surface area contributed by atoms with E-state index in [0.29, 0.717) is 6.42 Å². The van der Waals surface area contributed by atoms with Gasteiger partial charge < -0.3 is 40.3 Å². The molecule has 6 N–H and O–H groups in total. The van der Waals surface area contributed by atoms with Crippen LogP contribution >= 0.6 is 0 Å². The molecule has 1 saturated heterocycles. The minimum Gasteiger partial charge on any atom is -0.394 e. The molecule has 0 spiro atoms. The van der Waals surface area contributed by atoms with Crippen LogP contribution in [-0.2, 0) is 14.3 Å². The van der Waals surface area contributed by atoms with Crippen molar-refractivity contribution in [2.24, 2.45) is 0 Å². The third kappa shape index (κ3) is 23.5. The maximum absolute atomic E-state index is 12.9. The molecule has 0 bridgehead atoms. The Bertz CT molecular complexity index is 797. The molecule has 0 aromatic heterocycles. The van der Waals surface area contributed by atoms with Crippen LogP contribution < -0.4 is 5.32 Å². The molecule has 0 aromatic rings. The van der Waals surface area contributed by atoms with E-state index in [1.807, 2.05) is 6.08 Å². The lowest BCUT2D eigenvalue weighted by atomic mass is 9.99. The number of nitrogens with one attached hydrogen (secondary N) is 1. The minimum absolute atomic E-state index is 0.177. The fourth-order valence-electron chi connectivity index (χ4n) is 6.68. The summed E-state index contributed by atoms with van der Waals surface area (Å²) in [5.41, 5.74) is 0. The van der Waals surface area contributed by atoms with E-state index in [9.17, 15) is 30.3 Å². The summed E-state index contributed by atoms with van der Waals surface area (Å²) in [5, 5.41) is 54.0. The van der Waals surface area contributed by atoms with Crippen LogP contribution in [0.2, 0.25) is 0 Å². The molecule has 1 rings (SSSR count). The minimum atomic E-state index is -1.56. The number of amides is 1. The van der Waals surface area contributed by atoms with Crippen LogP contribution in [0.15, 0.2) is 12.2 Å². The number of rotatable bonds is 34. The number of hydrogen-bond acceptors (Lipinski definition) is 8. The van der Waals surface area contributed by atoms with Crippen molar-refractivity contribution < 1.29 is 39.8 Å². The summed E-state index contributed by atoms with van der Waals surface area (Å²) < 4.78 is 11.2. The standard InChI is InChI=1S/C41H79NO8/c1-3-5-7-9-11-13-15-17-19-21-23-25-27-29-31-37(45)42-34(33-49-41-40(48)39(47)38(46)36(32-43)50-41)35(44)30-28-26-24-22-20-18-16-14-12-10-8-6-4-2/h28,30,34-36,38-41,43-44,46-48H,3-27,29,31-33H2,1-2H3,(H,42,45)/b30-28+/t34-,35+,36+,38+,39?,40?,41+/m0/s1. The van der Waals surface area contributed by atoms with Gasteiger partial charge in [-0.05, 0) is 19.3 Å². The molecule has 1 amide bonds. The van der Waals surface area contributed by atoms with E-state index in [4.69, 9.17) is 9.47 Å². The van der Waals surface area contributed by atoms with Crippen LogP contribution in [0.25, 0.3) is 0 Å². The van der Waals surface area contributed by atoms with Crippen LogP contribution in [0.1, 0.15) is 187 Å². The molecule has 1 fully saturated rings. The van der Waals surface area contributed by atoms with Crippen molar-refractivity contribution >= 4 is 5.91 Å². The van der Waals surface area contributed by atoms with Crippen LogP contribution in [0.5, 0.6) is 0 Å². The first-order chi connectivity index (χ1) is 24.3. The Kier molecular flexibility index (Phi) is 30.6. The van der Waals surface area contributed by atoms with E-state index in [1.165, 1.54) is 128 Å². The predicted octanol–water partition coefficient (Wildman–Crippen LogP) is 7.78. The Hall–Kier alpha value is -1.07. The van der Waals surface area contributed by atoms with E-state index >= 15 is 0 Å². The molecule has 0 aliphatic carbocycles. The highest BCUT2D eigenvalue weighted by Gasteiger charge is 2.44. The van der Waals surface area contributed by atoms with Gasteiger partial charge in [0.1, 0.15) is 24.4 Å². The highest BCUT2D eigenvalue weighted by atomic mass is 16.7.